The third kappa shape index (κ3) is 2.53. The molecule has 0 amide bonds. The quantitative estimate of drug-likeness (QED) is 0.881. The first-order chi connectivity index (χ1) is 11.7. The van der Waals surface area contributed by atoms with Crippen molar-refractivity contribution in [2.24, 2.45) is 5.92 Å². The maximum absolute atomic E-state index is 11.1. The zero-order chi connectivity index (χ0) is 16.7. The number of carboxylic acid groups (broad SMARTS) is 1. The molecule has 128 valence electrons. The molecule has 24 heavy (non-hydrogen) atoms. The summed E-state index contributed by atoms with van der Waals surface area (Å²) in [4.78, 5) is 17.4. The number of hydrogen-bond donors (Lipinski definition) is 2. The number of H-pyrrole nitrogens is 1. The summed E-state index contributed by atoms with van der Waals surface area (Å²) in [6.07, 6.45) is 4.54. The molecule has 1 aromatic carbocycles. The van der Waals surface area contributed by atoms with E-state index in [2.05, 4.69) is 41.1 Å². The molecule has 1 fully saturated rings. The van der Waals surface area contributed by atoms with Crippen molar-refractivity contribution >= 4 is 16.9 Å². The van der Waals surface area contributed by atoms with E-state index in [-0.39, 0.29) is 6.42 Å². The largest absolute Gasteiger partial charge is 0.481 e. The van der Waals surface area contributed by atoms with E-state index in [0.717, 1.165) is 32.4 Å². The van der Waals surface area contributed by atoms with Crippen LogP contribution in [0.1, 0.15) is 62.2 Å². The van der Waals surface area contributed by atoms with E-state index in [0.29, 0.717) is 17.9 Å². The lowest BCUT2D eigenvalue weighted by molar-refractivity contribution is -0.137. The van der Waals surface area contributed by atoms with E-state index >= 15 is 0 Å². The number of rotatable bonds is 4. The van der Waals surface area contributed by atoms with Gasteiger partial charge in [0.05, 0.1) is 6.04 Å². The van der Waals surface area contributed by atoms with Gasteiger partial charge in [-0.05, 0) is 55.7 Å². The fraction of sp³-hybridized carbons (Fsp3) is 0.550. The van der Waals surface area contributed by atoms with Crippen molar-refractivity contribution in [3.63, 3.8) is 0 Å². The van der Waals surface area contributed by atoms with Gasteiger partial charge in [0.2, 0.25) is 0 Å². The van der Waals surface area contributed by atoms with Crippen LogP contribution in [0.4, 0.5) is 0 Å². The van der Waals surface area contributed by atoms with Crippen LogP contribution in [0.5, 0.6) is 0 Å². The lowest BCUT2D eigenvalue weighted by atomic mass is 9.77. The molecule has 4 nitrogen and oxygen atoms in total. The number of para-hydroxylation sites is 1. The summed E-state index contributed by atoms with van der Waals surface area (Å²) in [7, 11) is 0. The van der Waals surface area contributed by atoms with Crippen molar-refractivity contribution in [1.29, 1.82) is 0 Å². The van der Waals surface area contributed by atoms with Gasteiger partial charge in [-0.25, -0.2) is 0 Å². The normalized spacial score (nSPS) is 27.0. The Morgan fingerprint density at radius 3 is 3.00 bits per heavy atom. The molecular weight excluding hydrogens is 300 g/mol. The van der Waals surface area contributed by atoms with Crippen LogP contribution in [0.2, 0.25) is 0 Å². The van der Waals surface area contributed by atoms with Crippen molar-refractivity contribution in [3.05, 3.63) is 35.5 Å². The number of carboxylic acids is 1. The van der Waals surface area contributed by atoms with Gasteiger partial charge >= 0.3 is 5.97 Å². The van der Waals surface area contributed by atoms with Crippen LogP contribution < -0.4 is 0 Å². The predicted octanol–water partition coefficient (Wildman–Crippen LogP) is 4.29. The smallest absolute Gasteiger partial charge is 0.303 e. The standard InChI is InChI=1S/C20H26N2O2/c1-2-13-12-22-11-5-6-14(9-10-17(23)24)20(22)19-18(13)15-7-3-4-8-16(15)21-19/h3-4,7-8,13-14,20-21H,2,5-6,9-12H2,1H3,(H,23,24)/t13?,14-,20?/m0/s1. The highest BCUT2D eigenvalue weighted by Crippen LogP contribution is 2.48. The number of carbonyl (C=O) groups is 1. The van der Waals surface area contributed by atoms with Gasteiger partial charge in [-0.3, -0.25) is 9.69 Å². The number of fused-ring (bicyclic) bond motifs is 5. The van der Waals surface area contributed by atoms with Gasteiger partial charge < -0.3 is 10.1 Å². The molecule has 2 aromatic rings. The third-order valence-electron chi connectivity index (χ3n) is 6.02. The molecule has 4 heteroatoms. The average Bonchev–Trinajstić information content (AvgIpc) is 2.98. The summed E-state index contributed by atoms with van der Waals surface area (Å²) in [5.41, 5.74) is 4.09. The molecule has 0 radical (unpaired) electrons. The van der Waals surface area contributed by atoms with Crippen LogP contribution in [0.25, 0.3) is 10.9 Å². The lowest BCUT2D eigenvalue weighted by Crippen LogP contribution is -2.44. The van der Waals surface area contributed by atoms with Crippen molar-refractivity contribution < 1.29 is 9.90 Å². The number of aromatic nitrogens is 1. The summed E-state index contributed by atoms with van der Waals surface area (Å²) < 4.78 is 0. The number of aliphatic carboxylic acids is 1. The second-order valence-electron chi connectivity index (χ2n) is 7.38. The Bertz CT molecular complexity index is 751. The molecule has 0 spiro atoms. The molecule has 2 unspecified atom stereocenters. The Hall–Kier alpha value is -1.81. The van der Waals surface area contributed by atoms with E-state index in [1.165, 1.54) is 28.6 Å². The summed E-state index contributed by atoms with van der Waals surface area (Å²) >= 11 is 0. The van der Waals surface area contributed by atoms with Gasteiger partial charge in [0, 0.05) is 29.6 Å². The van der Waals surface area contributed by atoms with Crippen molar-refractivity contribution in [2.45, 2.75) is 51.0 Å². The van der Waals surface area contributed by atoms with Gasteiger partial charge in [0.25, 0.3) is 0 Å². The highest BCUT2D eigenvalue weighted by Gasteiger charge is 2.41. The van der Waals surface area contributed by atoms with Crippen molar-refractivity contribution in [2.75, 3.05) is 13.1 Å². The lowest BCUT2D eigenvalue weighted by Gasteiger charge is -2.46. The maximum Gasteiger partial charge on any atom is 0.303 e. The highest BCUT2D eigenvalue weighted by atomic mass is 16.4. The van der Waals surface area contributed by atoms with E-state index < -0.39 is 5.97 Å². The molecule has 0 saturated carbocycles. The number of nitrogens with one attached hydrogen (secondary N) is 1. The summed E-state index contributed by atoms with van der Waals surface area (Å²) in [6, 6.07) is 8.98. The third-order valence-corrected chi connectivity index (χ3v) is 6.02. The van der Waals surface area contributed by atoms with E-state index in [1.54, 1.807) is 0 Å². The van der Waals surface area contributed by atoms with Gasteiger partial charge in [-0.15, -0.1) is 0 Å². The Balaban J connectivity index is 1.78. The van der Waals surface area contributed by atoms with Crippen LogP contribution in [0.3, 0.4) is 0 Å². The molecule has 2 N–H and O–H groups in total. The first kappa shape index (κ1) is 15.7. The minimum atomic E-state index is -0.675. The molecule has 4 rings (SSSR count). The zero-order valence-corrected chi connectivity index (χ0v) is 14.3. The Labute approximate surface area is 142 Å². The van der Waals surface area contributed by atoms with Gasteiger partial charge in [0.1, 0.15) is 0 Å². The van der Waals surface area contributed by atoms with Crippen LogP contribution in [0.15, 0.2) is 24.3 Å². The van der Waals surface area contributed by atoms with Gasteiger partial charge in [-0.1, -0.05) is 25.1 Å². The maximum atomic E-state index is 11.1. The minimum Gasteiger partial charge on any atom is -0.481 e. The summed E-state index contributed by atoms with van der Waals surface area (Å²) in [5, 5.41) is 10.5. The SMILES string of the molecule is CCC1CN2CCC[C@@H](CCC(=O)O)C2c2[nH]c3ccccc3c21. The number of benzene rings is 1. The van der Waals surface area contributed by atoms with Crippen LogP contribution in [-0.2, 0) is 4.79 Å². The predicted molar refractivity (Wildman–Crippen MR) is 95.2 cm³/mol. The molecule has 3 heterocycles. The molecule has 2 aliphatic rings. The van der Waals surface area contributed by atoms with E-state index in [1.807, 2.05) is 0 Å². The average molecular weight is 326 g/mol. The monoisotopic (exact) mass is 326 g/mol. The van der Waals surface area contributed by atoms with Gasteiger partial charge in [-0.2, -0.15) is 0 Å². The second-order valence-corrected chi connectivity index (χ2v) is 7.38. The molecular formula is C20H26N2O2. The Morgan fingerprint density at radius 2 is 2.21 bits per heavy atom. The fourth-order valence-corrected chi connectivity index (χ4v) is 4.95. The fourth-order valence-electron chi connectivity index (χ4n) is 4.95. The minimum absolute atomic E-state index is 0.280. The van der Waals surface area contributed by atoms with Crippen LogP contribution >= 0.6 is 0 Å². The molecule has 1 aromatic heterocycles. The molecule has 0 bridgehead atoms. The van der Waals surface area contributed by atoms with Crippen LogP contribution in [0, 0.1) is 5.92 Å². The number of nitrogens with zero attached hydrogens (tertiary/aromatic N) is 1. The first-order valence-corrected chi connectivity index (χ1v) is 9.25. The summed E-state index contributed by atoms with van der Waals surface area (Å²) in [5.74, 6) is 0.344. The van der Waals surface area contributed by atoms with Crippen molar-refractivity contribution in [1.82, 2.24) is 9.88 Å². The Morgan fingerprint density at radius 1 is 1.38 bits per heavy atom. The second kappa shape index (κ2) is 6.25. The molecule has 1 saturated heterocycles. The zero-order valence-electron chi connectivity index (χ0n) is 14.3. The van der Waals surface area contributed by atoms with Crippen molar-refractivity contribution in [3.8, 4) is 0 Å². The van der Waals surface area contributed by atoms with Crippen LogP contribution in [-0.4, -0.2) is 34.0 Å². The first-order valence-electron chi connectivity index (χ1n) is 9.25. The van der Waals surface area contributed by atoms with Gasteiger partial charge in [0.15, 0.2) is 0 Å². The molecule has 2 aliphatic heterocycles. The number of hydrogen-bond acceptors (Lipinski definition) is 2. The number of aromatic amines is 1. The van der Waals surface area contributed by atoms with E-state index in [4.69, 9.17) is 5.11 Å². The topological polar surface area (TPSA) is 56.3 Å². The molecule has 3 atom stereocenters. The summed E-state index contributed by atoms with van der Waals surface area (Å²) in [6.45, 7) is 4.53. The Kier molecular flexibility index (Phi) is 4.09. The number of piperidine rings is 1. The van der Waals surface area contributed by atoms with E-state index in [9.17, 15) is 4.79 Å². The molecule has 0 aliphatic carbocycles. The highest BCUT2D eigenvalue weighted by molar-refractivity contribution is 5.85.